The summed E-state index contributed by atoms with van der Waals surface area (Å²) in [5.41, 5.74) is 0.809. The minimum atomic E-state index is -2.87. The number of hydrogen-bond donors (Lipinski definition) is 1. The largest absolute Gasteiger partial charge is 0.527 e. The second-order valence-corrected chi connectivity index (χ2v) is 6.80. The molecule has 1 aromatic carbocycles. The van der Waals surface area contributed by atoms with Gasteiger partial charge in [0.05, 0.1) is 6.61 Å². The Bertz CT molecular complexity index is 485. The predicted molar refractivity (Wildman–Crippen MR) is 88.2 cm³/mol. The Morgan fingerprint density at radius 3 is 2.73 bits per heavy atom. The molecule has 1 aromatic rings. The first-order valence-electron chi connectivity index (χ1n) is 7.40. The smallest absolute Gasteiger partial charge is 0.129 e. The molecule has 0 amide bonds. The van der Waals surface area contributed by atoms with E-state index in [0.717, 1.165) is 13.0 Å². The van der Waals surface area contributed by atoms with Crippen LogP contribution < -0.4 is 0 Å². The maximum atomic E-state index is 9.68. The van der Waals surface area contributed by atoms with Gasteiger partial charge in [0.2, 0.25) is 0 Å². The third kappa shape index (κ3) is 10.7. The van der Waals surface area contributed by atoms with E-state index in [-0.39, 0.29) is 44.3 Å². The SMILES string of the molecule is [2H][Si](C)([B][3H])OCC(O)[CH-]OC(C)OCc1cc(Cl)cc(Cl)c1.[U]. The van der Waals surface area contributed by atoms with Crippen molar-refractivity contribution >= 4 is 39.4 Å². The van der Waals surface area contributed by atoms with E-state index in [1.54, 1.807) is 25.1 Å². The topological polar surface area (TPSA) is 47.9 Å². The summed E-state index contributed by atoms with van der Waals surface area (Å²) in [6, 6.07) is 5.11. The molecule has 0 saturated heterocycles. The van der Waals surface area contributed by atoms with Crippen LogP contribution >= 0.6 is 23.2 Å². The summed E-state index contributed by atoms with van der Waals surface area (Å²) in [5, 5.41) is 10.7. The molecule has 3 unspecified atom stereocenters. The third-order valence-electron chi connectivity index (χ3n) is 2.32. The molecule has 0 aliphatic carbocycles. The minimum absolute atomic E-state index is 0. The van der Waals surface area contributed by atoms with Crippen molar-refractivity contribution in [3.63, 3.8) is 0 Å². The summed E-state index contributed by atoms with van der Waals surface area (Å²) >= 11 is 11.8. The first-order valence-corrected chi connectivity index (χ1v) is 9.06. The quantitative estimate of drug-likeness (QED) is 0.258. The molecular weight excluding hydrogens is 568 g/mol. The zero-order chi connectivity index (χ0) is 17.5. The van der Waals surface area contributed by atoms with E-state index >= 15 is 0 Å². The molecule has 1 N–H and O–H groups in total. The standard InChI is InChI=1S/C13H19BCl2O4Si.U/c1-9(19-7-13(17)8-20-21(2)14)18-6-10-3-11(15)5-12(16)4-10;/h3-5,7,9,13-14,17,21H,6,8H2,1-2H3;/q-1;/i14T,21D;. The summed E-state index contributed by atoms with van der Waals surface area (Å²) in [7, 11) is -1.89. The molecule has 22 heavy (non-hydrogen) atoms. The van der Waals surface area contributed by atoms with Gasteiger partial charge in [-0.05, 0) is 38.1 Å². The van der Waals surface area contributed by atoms with Gasteiger partial charge >= 0.3 is 0 Å². The summed E-state index contributed by atoms with van der Waals surface area (Å²) in [6.45, 7) is 4.56. The summed E-state index contributed by atoms with van der Waals surface area (Å²) < 4.78 is 30.6. The molecule has 9 heteroatoms. The van der Waals surface area contributed by atoms with Crippen molar-refractivity contribution in [2.45, 2.75) is 32.5 Å². The van der Waals surface area contributed by atoms with Gasteiger partial charge < -0.3 is 19.0 Å². The van der Waals surface area contributed by atoms with Crippen molar-refractivity contribution in [2.24, 2.45) is 0 Å². The third-order valence-corrected chi connectivity index (χ3v) is 3.37. The van der Waals surface area contributed by atoms with E-state index in [0.29, 0.717) is 10.0 Å². The van der Waals surface area contributed by atoms with E-state index in [1.165, 1.54) is 13.2 Å². The fraction of sp³-hybridized carbons (Fsp3) is 0.462. The molecule has 0 fully saturated rings. The van der Waals surface area contributed by atoms with E-state index in [4.69, 9.17) is 39.7 Å². The summed E-state index contributed by atoms with van der Waals surface area (Å²) in [5.74, 6) is 0. The molecule has 0 aromatic heterocycles. The number of halogens is 2. The van der Waals surface area contributed by atoms with Crippen LogP contribution in [0.15, 0.2) is 18.2 Å². The first-order chi connectivity index (χ1) is 10.7. The average molecular weight is 590 g/mol. The van der Waals surface area contributed by atoms with Crippen LogP contribution in [0.5, 0.6) is 0 Å². The van der Waals surface area contributed by atoms with E-state index in [9.17, 15) is 5.11 Å². The molecule has 0 aliphatic rings. The van der Waals surface area contributed by atoms with Crippen LogP contribution in [0.25, 0.3) is 0 Å². The van der Waals surface area contributed by atoms with E-state index < -0.39 is 21.2 Å². The van der Waals surface area contributed by atoms with Gasteiger partial charge in [-0.1, -0.05) is 29.7 Å². The Kier molecular flexibility index (Phi) is 10.8. The zero-order valence-corrected chi connectivity index (χ0v) is 19.1. The number of benzene rings is 1. The van der Waals surface area contributed by atoms with Gasteiger partial charge in [-0.15, -0.1) is 0 Å². The number of hydrogen-bond acceptors (Lipinski definition) is 4. The van der Waals surface area contributed by atoms with Gasteiger partial charge in [-0.2, -0.15) is 6.61 Å². The minimum Gasteiger partial charge on any atom is -0.527 e. The molecule has 1 radical (unpaired) electrons. The number of aliphatic hydroxyl groups is 1. The second-order valence-electron chi connectivity index (χ2n) is 4.42. The first kappa shape index (κ1) is 19.3. The van der Waals surface area contributed by atoms with Crippen molar-refractivity contribution < 1.29 is 50.1 Å². The van der Waals surface area contributed by atoms with Gasteiger partial charge in [-0.25, -0.2) is 0 Å². The van der Waals surface area contributed by atoms with Crippen molar-refractivity contribution in [1.82, 2.24) is 0 Å². The monoisotopic (exact) mass is 589 g/mol. The van der Waals surface area contributed by atoms with Crippen LogP contribution in [0, 0.1) is 37.7 Å². The Morgan fingerprint density at radius 2 is 2.14 bits per heavy atom. The van der Waals surface area contributed by atoms with E-state index in [2.05, 4.69) is 0 Å². The number of aliphatic hydroxyl groups excluding tert-OH is 1. The van der Waals surface area contributed by atoms with Crippen molar-refractivity contribution in [1.29, 1.82) is 2.57 Å². The van der Waals surface area contributed by atoms with Gasteiger partial charge in [0, 0.05) is 49.0 Å². The normalized spacial score (nSPS) is 17.5. The molecule has 0 aliphatic heterocycles. The molecule has 4 nitrogen and oxygen atoms in total. The fourth-order valence-electron chi connectivity index (χ4n) is 1.40. The van der Waals surface area contributed by atoms with Gasteiger partial charge in [-0.3, -0.25) is 0 Å². The molecule has 121 valence electrons. The van der Waals surface area contributed by atoms with Crippen LogP contribution in [-0.2, 0) is 20.5 Å². The number of ether oxygens (including phenoxy) is 2. The molecule has 3 atom stereocenters. The summed E-state index contributed by atoms with van der Waals surface area (Å²) in [4.78, 5) is 0. The average Bonchev–Trinajstić information content (AvgIpc) is 2.48. The maximum absolute atomic E-state index is 9.68. The molecule has 0 spiro atoms. The van der Waals surface area contributed by atoms with Gasteiger partial charge in [0.15, 0.2) is 0 Å². The van der Waals surface area contributed by atoms with Crippen LogP contribution in [0.2, 0.25) is 16.6 Å². The van der Waals surface area contributed by atoms with Crippen molar-refractivity contribution in [3.05, 3.63) is 40.4 Å². The van der Waals surface area contributed by atoms with Crippen molar-refractivity contribution in [3.8, 4) is 0 Å². The summed E-state index contributed by atoms with van der Waals surface area (Å²) in [6.07, 6.45) is -1.59. The Labute approximate surface area is 170 Å². The van der Waals surface area contributed by atoms with Crippen LogP contribution in [0.4, 0.5) is 0 Å². The number of rotatable bonds is 10. The van der Waals surface area contributed by atoms with Gasteiger partial charge in [0.1, 0.15) is 22.5 Å². The molecule has 0 saturated carbocycles. The molecular formula is C13H19BCl2O4SiU-. The maximum Gasteiger partial charge on any atom is 0.129 e. The van der Waals surface area contributed by atoms with E-state index in [1.807, 2.05) is 0 Å². The zero-order valence-electron chi connectivity index (χ0n) is 14.4. The van der Waals surface area contributed by atoms with Crippen LogP contribution in [0.3, 0.4) is 0 Å². The Hall–Kier alpha value is 0.974. The van der Waals surface area contributed by atoms with Gasteiger partial charge in [0.25, 0.3) is 0 Å². The van der Waals surface area contributed by atoms with Crippen LogP contribution in [-0.4, -0.2) is 42.9 Å². The van der Waals surface area contributed by atoms with Crippen LogP contribution in [0.1, 0.15) is 12.5 Å². The molecule has 0 bridgehead atoms. The predicted octanol–water partition coefficient (Wildman–Crippen LogP) is 2.16. The second kappa shape index (κ2) is 12.4. The fourth-order valence-corrected chi connectivity index (χ4v) is 2.41. The Balaban J connectivity index is 0.00000529. The molecule has 1 rings (SSSR count). The van der Waals surface area contributed by atoms with Crippen molar-refractivity contribution in [2.75, 3.05) is 6.61 Å². The molecule has 0 heterocycles. The Morgan fingerprint density at radius 1 is 1.50 bits per heavy atom.